The Kier molecular flexibility index (Phi) is 4.29. The molecule has 0 bridgehead atoms. The van der Waals surface area contributed by atoms with Crippen LogP contribution in [0.3, 0.4) is 0 Å². The van der Waals surface area contributed by atoms with Gasteiger partial charge in [0, 0.05) is 23.0 Å². The second-order valence-corrected chi connectivity index (χ2v) is 7.37. The molecule has 22 heavy (non-hydrogen) atoms. The molecule has 112 valence electrons. The molecule has 0 radical (unpaired) electrons. The molecule has 0 aromatic carbocycles. The number of allylic oxidation sites excluding steroid dienone is 1. The summed E-state index contributed by atoms with van der Waals surface area (Å²) in [5.41, 5.74) is 3.18. The molecule has 3 rings (SSSR count). The minimum Gasteiger partial charge on any atom is -0.294 e. The molecule has 0 saturated carbocycles. The molecule has 3 heterocycles. The van der Waals surface area contributed by atoms with Crippen LogP contribution < -0.4 is 0 Å². The Hall–Kier alpha value is -1.69. The van der Waals surface area contributed by atoms with Gasteiger partial charge in [0.25, 0.3) is 0 Å². The Balaban J connectivity index is 1.89. The molecule has 3 aromatic rings. The van der Waals surface area contributed by atoms with Gasteiger partial charge in [-0.15, -0.1) is 22.7 Å². The Morgan fingerprint density at radius 1 is 1.36 bits per heavy atom. The molecule has 0 saturated heterocycles. The summed E-state index contributed by atoms with van der Waals surface area (Å²) >= 11 is 8.74. The van der Waals surface area contributed by atoms with Gasteiger partial charge < -0.3 is 0 Å². The number of aryl methyl sites for hydroxylation is 1. The number of halogens is 1. The van der Waals surface area contributed by atoms with Gasteiger partial charge in [0.1, 0.15) is 0 Å². The fourth-order valence-electron chi connectivity index (χ4n) is 2.27. The average molecular weight is 349 g/mol. The van der Waals surface area contributed by atoms with Crippen molar-refractivity contribution in [3.63, 3.8) is 0 Å². The van der Waals surface area contributed by atoms with E-state index in [0.717, 1.165) is 22.1 Å². The number of rotatable bonds is 4. The Bertz CT molecular complexity index is 844. The van der Waals surface area contributed by atoms with Crippen molar-refractivity contribution in [3.8, 4) is 5.13 Å². The van der Waals surface area contributed by atoms with Crippen LogP contribution in [-0.2, 0) is 0 Å². The number of hydrogen-bond donors (Lipinski definition) is 0. The van der Waals surface area contributed by atoms with Crippen molar-refractivity contribution in [1.29, 1.82) is 0 Å². The summed E-state index contributed by atoms with van der Waals surface area (Å²) < 4.78 is 2.72. The Morgan fingerprint density at radius 2 is 2.18 bits per heavy atom. The molecule has 0 aliphatic carbocycles. The molecule has 6 heteroatoms. The third-order valence-electron chi connectivity index (χ3n) is 3.31. The summed E-state index contributed by atoms with van der Waals surface area (Å²) in [6.45, 7) is 4.06. The molecule has 0 unspecified atom stereocenters. The number of carbonyl (C=O) groups is 1. The molecule has 3 aromatic heterocycles. The number of carbonyl (C=O) groups excluding carboxylic acids is 1. The number of nitrogens with zero attached hydrogens (tertiary/aromatic N) is 2. The van der Waals surface area contributed by atoms with Crippen LogP contribution in [0.2, 0.25) is 4.34 Å². The van der Waals surface area contributed by atoms with Gasteiger partial charge in [-0.2, -0.15) is 0 Å². The minimum absolute atomic E-state index is 0.0315. The van der Waals surface area contributed by atoms with Crippen molar-refractivity contribution in [2.75, 3.05) is 0 Å². The first-order chi connectivity index (χ1) is 10.6. The van der Waals surface area contributed by atoms with Crippen molar-refractivity contribution in [3.05, 3.63) is 62.0 Å². The van der Waals surface area contributed by atoms with E-state index in [9.17, 15) is 4.79 Å². The van der Waals surface area contributed by atoms with Gasteiger partial charge in [-0.25, -0.2) is 4.98 Å². The highest BCUT2D eigenvalue weighted by atomic mass is 35.5. The first-order valence-electron chi connectivity index (χ1n) is 6.63. The van der Waals surface area contributed by atoms with Gasteiger partial charge in [0.15, 0.2) is 10.9 Å². The number of thiazole rings is 1. The lowest BCUT2D eigenvalue weighted by Crippen LogP contribution is -1.98. The summed E-state index contributed by atoms with van der Waals surface area (Å²) in [4.78, 5) is 17.1. The van der Waals surface area contributed by atoms with E-state index in [2.05, 4.69) is 15.6 Å². The van der Waals surface area contributed by atoms with E-state index in [1.807, 2.05) is 25.3 Å². The second kappa shape index (κ2) is 6.20. The second-order valence-electron chi connectivity index (χ2n) is 4.78. The zero-order valence-corrected chi connectivity index (χ0v) is 14.4. The van der Waals surface area contributed by atoms with Crippen LogP contribution in [0.1, 0.15) is 26.6 Å². The highest BCUT2D eigenvalue weighted by Crippen LogP contribution is 2.25. The smallest absolute Gasteiger partial charge is 0.195 e. The van der Waals surface area contributed by atoms with Gasteiger partial charge in [-0.1, -0.05) is 11.6 Å². The number of aromatic nitrogens is 2. The van der Waals surface area contributed by atoms with Crippen LogP contribution in [-0.4, -0.2) is 15.3 Å². The van der Waals surface area contributed by atoms with E-state index >= 15 is 0 Å². The number of ketones is 1. The average Bonchev–Trinajstić information content (AvgIpc) is 3.18. The standard InChI is InChI=1S/C16H13ClN2OS2/c1-10-9-12(11(2)19(10)16-18-7-8-21-16)3-4-13(20)14-5-6-15(17)22-14/h3-9H,1-2H3/b4-3+. The SMILES string of the molecule is Cc1cc(/C=C/C(=O)c2ccc(Cl)s2)c(C)n1-c1nccs1. The summed E-state index contributed by atoms with van der Waals surface area (Å²) in [6, 6.07) is 5.54. The van der Waals surface area contributed by atoms with Crippen LogP contribution in [0.4, 0.5) is 0 Å². The van der Waals surface area contributed by atoms with Gasteiger partial charge in [0.05, 0.1) is 9.21 Å². The van der Waals surface area contributed by atoms with E-state index in [-0.39, 0.29) is 5.78 Å². The molecular formula is C16H13ClN2OS2. The van der Waals surface area contributed by atoms with E-state index in [1.165, 1.54) is 11.3 Å². The first kappa shape index (κ1) is 15.2. The number of hydrogen-bond acceptors (Lipinski definition) is 4. The zero-order chi connectivity index (χ0) is 15.7. The predicted molar refractivity (Wildman–Crippen MR) is 93.6 cm³/mol. The molecule has 3 nitrogen and oxygen atoms in total. The molecule has 0 N–H and O–H groups in total. The maximum Gasteiger partial charge on any atom is 0.195 e. The maximum absolute atomic E-state index is 12.1. The minimum atomic E-state index is -0.0315. The summed E-state index contributed by atoms with van der Waals surface area (Å²) in [5, 5.41) is 2.89. The maximum atomic E-state index is 12.1. The van der Waals surface area contributed by atoms with E-state index < -0.39 is 0 Å². The van der Waals surface area contributed by atoms with Gasteiger partial charge in [-0.05, 0) is 49.8 Å². The Morgan fingerprint density at radius 3 is 2.82 bits per heavy atom. The van der Waals surface area contributed by atoms with Crippen molar-refractivity contribution >= 4 is 46.1 Å². The van der Waals surface area contributed by atoms with Gasteiger partial charge in [-0.3, -0.25) is 9.36 Å². The first-order valence-corrected chi connectivity index (χ1v) is 8.70. The van der Waals surface area contributed by atoms with Crippen LogP contribution in [0.5, 0.6) is 0 Å². The van der Waals surface area contributed by atoms with Crippen LogP contribution in [0.15, 0.2) is 35.9 Å². The summed E-state index contributed by atoms with van der Waals surface area (Å²) in [5.74, 6) is -0.0315. The van der Waals surface area contributed by atoms with Crippen molar-refractivity contribution < 1.29 is 4.79 Å². The number of thiophene rings is 1. The normalized spacial score (nSPS) is 11.4. The monoisotopic (exact) mass is 348 g/mol. The molecule has 0 aliphatic rings. The van der Waals surface area contributed by atoms with Gasteiger partial charge in [0.2, 0.25) is 0 Å². The van der Waals surface area contributed by atoms with Crippen LogP contribution >= 0.6 is 34.3 Å². The van der Waals surface area contributed by atoms with Crippen molar-refractivity contribution in [1.82, 2.24) is 9.55 Å². The zero-order valence-electron chi connectivity index (χ0n) is 12.0. The molecule has 0 amide bonds. The molecular weight excluding hydrogens is 336 g/mol. The third kappa shape index (κ3) is 2.92. The molecule has 0 atom stereocenters. The summed E-state index contributed by atoms with van der Waals surface area (Å²) in [7, 11) is 0. The lowest BCUT2D eigenvalue weighted by molar-refractivity contribution is 0.105. The van der Waals surface area contributed by atoms with Crippen molar-refractivity contribution in [2.24, 2.45) is 0 Å². The lowest BCUT2D eigenvalue weighted by Gasteiger charge is -2.04. The fraction of sp³-hybridized carbons (Fsp3) is 0.125. The fourth-order valence-corrected chi connectivity index (χ4v) is 3.99. The summed E-state index contributed by atoms with van der Waals surface area (Å²) in [6.07, 6.45) is 5.23. The lowest BCUT2D eigenvalue weighted by atomic mass is 10.2. The van der Waals surface area contributed by atoms with E-state index in [0.29, 0.717) is 9.21 Å². The Labute approximate surface area is 141 Å². The molecule has 0 aliphatic heterocycles. The van der Waals surface area contributed by atoms with E-state index in [1.54, 1.807) is 35.7 Å². The van der Waals surface area contributed by atoms with E-state index in [4.69, 9.17) is 11.6 Å². The molecule has 0 fully saturated rings. The third-order valence-corrected chi connectivity index (χ3v) is 5.31. The largest absolute Gasteiger partial charge is 0.294 e. The highest BCUT2D eigenvalue weighted by Gasteiger charge is 2.11. The topological polar surface area (TPSA) is 34.9 Å². The van der Waals surface area contributed by atoms with Crippen LogP contribution in [0, 0.1) is 13.8 Å². The quantitative estimate of drug-likeness (QED) is 0.482. The van der Waals surface area contributed by atoms with Crippen molar-refractivity contribution in [2.45, 2.75) is 13.8 Å². The molecule has 0 spiro atoms. The predicted octanol–water partition coefficient (Wildman–Crippen LogP) is 5.16. The van der Waals surface area contributed by atoms with Gasteiger partial charge >= 0.3 is 0 Å². The highest BCUT2D eigenvalue weighted by molar-refractivity contribution is 7.18. The van der Waals surface area contributed by atoms with Crippen LogP contribution in [0.25, 0.3) is 11.2 Å².